The first-order valence-corrected chi connectivity index (χ1v) is 13.8. The second kappa shape index (κ2) is 9.68. The average molecular weight is 499 g/mol. The minimum Gasteiger partial charge on any atom is -0.465 e. The van der Waals surface area contributed by atoms with Gasteiger partial charge in [-0.3, -0.25) is 4.72 Å². The molecule has 0 bridgehead atoms. The van der Waals surface area contributed by atoms with Crippen LogP contribution in [0.5, 0.6) is 0 Å². The van der Waals surface area contributed by atoms with E-state index in [1.165, 1.54) is 43.5 Å². The van der Waals surface area contributed by atoms with Crippen molar-refractivity contribution in [2.45, 2.75) is 42.1 Å². The van der Waals surface area contributed by atoms with Gasteiger partial charge in [0.15, 0.2) is 9.84 Å². The zero-order valence-corrected chi connectivity index (χ0v) is 20.3. The van der Waals surface area contributed by atoms with Crippen LogP contribution in [0.1, 0.15) is 35.7 Å². The summed E-state index contributed by atoms with van der Waals surface area (Å²) in [5.74, 6) is -0.684. The summed E-state index contributed by atoms with van der Waals surface area (Å²) in [6, 6.07) is 8.34. The Hall–Kier alpha value is -2.66. The molecule has 33 heavy (non-hydrogen) atoms. The van der Waals surface area contributed by atoms with Crippen LogP contribution in [0.3, 0.4) is 0 Å². The molecule has 1 heterocycles. The number of ether oxygens (including phenoxy) is 1. The highest BCUT2D eigenvalue weighted by Gasteiger charge is 2.26. The third-order valence-electron chi connectivity index (χ3n) is 5.50. The number of alkyl halides is 1. The minimum atomic E-state index is -4.23. The number of sulfonamides is 1. The van der Waals surface area contributed by atoms with E-state index in [-0.39, 0.29) is 27.6 Å². The number of esters is 1. The Morgan fingerprint density at radius 1 is 1.18 bits per heavy atom. The second-order valence-electron chi connectivity index (χ2n) is 7.91. The molecule has 1 aliphatic heterocycles. The molecule has 1 atom stereocenters. The SMILES string of the molecule is CCc1ccc(C(=O)OC)cc1S(=O)(=O)Nc1cc(S(C)(=O)=O)ccc1N1CCC[C@@H](F)C1. The predicted octanol–water partition coefficient (Wildman–Crippen LogP) is 3.18. The van der Waals surface area contributed by atoms with E-state index in [4.69, 9.17) is 4.74 Å². The monoisotopic (exact) mass is 498 g/mol. The maximum absolute atomic E-state index is 14.1. The molecule has 11 heteroatoms. The summed E-state index contributed by atoms with van der Waals surface area (Å²) in [6.45, 7) is 2.35. The van der Waals surface area contributed by atoms with Crippen molar-refractivity contribution in [1.29, 1.82) is 0 Å². The molecule has 180 valence electrons. The number of halogens is 1. The smallest absolute Gasteiger partial charge is 0.337 e. The van der Waals surface area contributed by atoms with Crippen LogP contribution in [0.15, 0.2) is 46.2 Å². The molecule has 2 aromatic rings. The molecule has 1 fully saturated rings. The minimum absolute atomic E-state index is 0.0255. The number of anilines is 2. The van der Waals surface area contributed by atoms with E-state index in [0.717, 1.165) is 6.26 Å². The molecular weight excluding hydrogens is 471 g/mol. The number of rotatable bonds is 7. The van der Waals surface area contributed by atoms with Crippen molar-refractivity contribution >= 4 is 37.2 Å². The molecule has 0 aliphatic carbocycles. The maximum atomic E-state index is 14.1. The van der Waals surface area contributed by atoms with Crippen LogP contribution in [-0.4, -0.2) is 55.4 Å². The van der Waals surface area contributed by atoms with Gasteiger partial charge in [0.2, 0.25) is 0 Å². The van der Waals surface area contributed by atoms with E-state index in [0.29, 0.717) is 37.1 Å². The van der Waals surface area contributed by atoms with E-state index < -0.39 is 32.0 Å². The third-order valence-corrected chi connectivity index (χ3v) is 8.06. The van der Waals surface area contributed by atoms with Crippen LogP contribution in [-0.2, 0) is 31.0 Å². The summed E-state index contributed by atoms with van der Waals surface area (Å²) >= 11 is 0. The van der Waals surface area contributed by atoms with Gasteiger partial charge in [-0.15, -0.1) is 0 Å². The lowest BCUT2D eigenvalue weighted by molar-refractivity contribution is 0.0600. The van der Waals surface area contributed by atoms with Crippen molar-refractivity contribution < 1.29 is 30.8 Å². The topological polar surface area (TPSA) is 110 Å². The van der Waals surface area contributed by atoms with Crippen LogP contribution in [0.4, 0.5) is 15.8 Å². The van der Waals surface area contributed by atoms with Crippen molar-refractivity contribution in [2.24, 2.45) is 0 Å². The molecule has 2 aromatic carbocycles. The lowest BCUT2D eigenvalue weighted by atomic mass is 10.1. The first-order valence-electron chi connectivity index (χ1n) is 10.4. The van der Waals surface area contributed by atoms with Gasteiger partial charge in [0.25, 0.3) is 10.0 Å². The lowest BCUT2D eigenvalue weighted by Crippen LogP contribution is -2.37. The van der Waals surface area contributed by atoms with Gasteiger partial charge in [-0.05, 0) is 55.2 Å². The molecule has 0 amide bonds. The van der Waals surface area contributed by atoms with Gasteiger partial charge in [-0.1, -0.05) is 13.0 Å². The number of carbonyl (C=O) groups is 1. The van der Waals surface area contributed by atoms with Gasteiger partial charge in [0.05, 0.1) is 33.8 Å². The zero-order valence-electron chi connectivity index (χ0n) is 18.7. The second-order valence-corrected chi connectivity index (χ2v) is 11.6. The summed E-state index contributed by atoms with van der Waals surface area (Å²) in [4.78, 5) is 13.5. The van der Waals surface area contributed by atoms with Crippen LogP contribution >= 0.6 is 0 Å². The van der Waals surface area contributed by atoms with Crippen molar-refractivity contribution in [1.82, 2.24) is 0 Å². The van der Waals surface area contributed by atoms with E-state index in [1.54, 1.807) is 11.8 Å². The molecule has 1 aliphatic rings. The fraction of sp³-hybridized carbons (Fsp3) is 0.409. The third kappa shape index (κ3) is 5.64. The number of sulfone groups is 1. The Kier molecular flexibility index (Phi) is 7.32. The molecule has 0 aromatic heterocycles. The lowest BCUT2D eigenvalue weighted by Gasteiger charge is -2.32. The maximum Gasteiger partial charge on any atom is 0.337 e. The number of aryl methyl sites for hydroxylation is 1. The van der Waals surface area contributed by atoms with E-state index >= 15 is 0 Å². The zero-order chi connectivity index (χ0) is 24.4. The summed E-state index contributed by atoms with van der Waals surface area (Å²) in [6.07, 6.45) is 1.33. The quantitative estimate of drug-likeness (QED) is 0.584. The van der Waals surface area contributed by atoms with Crippen LogP contribution in [0.2, 0.25) is 0 Å². The fourth-order valence-electron chi connectivity index (χ4n) is 3.79. The van der Waals surface area contributed by atoms with Crippen LogP contribution in [0.25, 0.3) is 0 Å². The summed E-state index contributed by atoms with van der Waals surface area (Å²) in [7, 11) is -6.66. The van der Waals surface area contributed by atoms with Gasteiger partial charge in [0.1, 0.15) is 6.17 Å². The molecule has 1 saturated heterocycles. The van der Waals surface area contributed by atoms with Crippen LogP contribution < -0.4 is 9.62 Å². The number of nitrogens with zero attached hydrogens (tertiary/aromatic N) is 1. The van der Waals surface area contributed by atoms with Gasteiger partial charge >= 0.3 is 5.97 Å². The number of hydrogen-bond acceptors (Lipinski definition) is 7. The highest BCUT2D eigenvalue weighted by molar-refractivity contribution is 7.92. The first-order chi connectivity index (χ1) is 15.5. The van der Waals surface area contributed by atoms with Gasteiger partial charge in [0, 0.05) is 19.3 Å². The number of piperidine rings is 1. The number of benzene rings is 2. The average Bonchev–Trinajstić information content (AvgIpc) is 2.77. The molecule has 0 unspecified atom stereocenters. The Morgan fingerprint density at radius 2 is 1.91 bits per heavy atom. The summed E-state index contributed by atoms with van der Waals surface area (Å²) < 4.78 is 72.2. The molecule has 0 spiro atoms. The van der Waals surface area contributed by atoms with Crippen molar-refractivity contribution in [2.75, 3.05) is 36.1 Å². The van der Waals surface area contributed by atoms with E-state index in [1.807, 2.05) is 0 Å². The van der Waals surface area contributed by atoms with Gasteiger partial charge < -0.3 is 9.64 Å². The number of carbonyl (C=O) groups excluding carboxylic acids is 1. The van der Waals surface area contributed by atoms with E-state index in [9.17, 15) is 26.0 Å². The Balaban J connectivity index is 2.11. The highest BCUT2D eigenvalue weighted by Crippen LogP contribution is 2.34. The summed E-state index contributed by atoms with van der Waals surface area (Å²) in [5.41, 5.74) is 0.947. The van der Waals surface area contributed by atoms with Gasteiger partial charge in [-0.2, -0.15) is 0 Å². The first kappa shape index (κ1) is 25.0. The molecule has 1 N–H and O–H groups in total. The largest absolute Gasteiger partial charge is 0.465 e. The number of methoxy groups -OCH3 is 1. The Bertz CT molecular complexity index is 1260. The standard InChI is InChI=1S/C22H27FN2O6S2/c1-4-15-7-8-16(22(26)31-2)12-21(15)33(29,30)24-19-13-18(32(3,27)28)9-10-20(19)25-11-5-6-17(23)14-25/h7-10,12-13,17,24H,4-6,11,14H2,1-3H3/t17-/m1/s1. The van der Waals surface area contributed by atoms with E-state index in [2.05, 4.69) is 4.72 Å². The normalized spacial score (nSPS) is 17.0. The molecule has 0 saturated carbocycles. The predicted molar refractivity (Wildman–Crippen MR) is 124 cm³/mol. The molecule has 3 rings (SSSR count). The summed E-state index contributed by atoms with van der Waals surface area (Å²) in [5, 5.41) is 0. The van der Waals surface area contributed by atoms with Crippen LogP contribution in [0, 0.1) is 0 Å². The fourth-order valence-corrected chi connectivity index (χ4v) is 5.84. The van der Waals surface area contributed by atoms with Crippen molar-refractivity contribution in [3.8, 4) is 0 Å². The highest BCUT2D eigenvalue weighted by atomic mass is 32.2. The van der Waals surface area contributed by atoms with Gasteiger partial charge in [-0.25, -0.2) is 26.0 Å². The van der Waals surface area contributed by atoms with Crippen molar-refractivity contribution in [3.05, 3.63) is 47.5 Å². The molecule has 8 nitrogen and oxygen atoms in total. The Labute approximate surface area is 193 Å². The number of nitrogens with one attached hydrogen (secondary N) is 1. The van der Waals surface area contributed by atoms with Crippen molar-refractivity contribution in [3.63, 3.8) is 0 Å². The molecular formula is C22H27FN2O6S2. The Morgan fingerprint density at radius 3 is 2.52 bits per heavy atom. The molecule has 0 radical (unpaired) electrons. The number of hydrogen-bond donors (Lipinski definition) is 1.